The van der Waals surface area contributed by atoms with Gasteiger partial charge >= 0.3 is 0 Å². The molecule has 31 heavy (non-hydrogen) atoms. The predicted molar refractivity (Wildman–Crippen MR) is 121 cm³/mol. The van der Waals surface area contributed by atoms with Crippen molar-refractivity contribution in [1.29, 1.82) is 5.26 Å². The zero-order chi connectivity index (χ0) is 22.5. The maximum atomic E-state index is 12.5. The summed E-state index contributed by atoms with van der Waals surface area (Å²) in [5.74, 6) is -0.610. The van der Waals surface area contributed by atoms with E-state index in [9.17, 15) is 14.4 Å². The smallest absolute Gasteiger partial charge is 0.227 e. The van der Waals surface area contributed by atoms with E-state index in [4.69, 9.17) is 16.9 Å². The number of nitriles is 1. The molecule has 2 aromatic carbocycles. The lowest BCUT2D eigenvalue weighted by Gasteiger charge is -2.21. The van der Waals surface area contributed by atoms with Crippen LogP contribution in [0.15, 0.2) is 54.6 Å². The normalized spacial score (nSPS) is 10.1. The molecule has 2 N–H and O–H groups in total. The van der Waals surface area contributed by atoms with Crippen molar-refractivity contribution in [3.8, 4) is 6.07 Å². The monoisotopic (exact) mass is 440 g/mol. The summed E-state index contributed by atoms with van der Waals surface area (Å²) >= 11 is 5.81. The molecule has 0 spiro atoms. The molecule has 0 aromatic heterocycles. The maximum Gasteiger partial charge on any atom is 0.227 e. The van der Waals surface area contributed by atoms with Gasteiger partial charge in [-0.25, -0.2) is 0 Å². The van der Waals surface area contributed by atoms with Crippen molar-refractivity contribution in [2.75, 3.05) is 23.3 Å². The number of carbonyl (C=O) groups is 3. The van der Waals surface area contributed by atoms with Gasteiger partial charge < -0.3 is 15.5 Å². The summed E-state index contributed by atoms with van der Waals surface area (Å²) in [6.45, 7) is 0.627. The van der Waals surface area contributed by atoms with Gasteiger partial charge in [-0.3, -0.25) is 14.4 Å². The van der Waals surface area contributed by atoms with Gasteiger partial charge in [0.05, 0.1) is 12.5 Å². The average Bonchev–Trinajstić information content (AvgIpc) is 2.78. The molecule has 0 unspecified atom stereocenters. The number of rotatable bonds is 11. The second-order valence-electron chi connectivity index (χ2n) is 6.80. The fourth-order valence-electron chi connectivity index (χ4n) is 2.84. The van der Waals surface area contributed by atoms with Gasteiger partial charge in [-0.15, -0.1) is 0 Å². The minimum atomic E-state index is -0.250. The van der Waals surface area contributed by atoms with E-state index in [1.807, 2.05) is 24.3 Å². The van der Waals surface area contributed by atoms with Crippen LogP contribution < -0.4 is 15.5 Å². The quantitative estimate of drug-likeness (QED) is 0.517. The van der Waals surface area contributed by atoms with Gasteiger partial charge in [-0.05, 0) is 42.8 Å². The van der Waals surface area contributed by atoms with Gasteiger partial charge in [-0.1, -0.05) is 29.8 Å². The minimum absolute atomic E-state index is 0.0449. The van der Waals surface area contributed by atoms with Crippen molar-refractivity contribution in [2.45, 2.75) is 32.1 Å². The third kappa shape index (κ3) is 8.89. The molecule has 2 rings (SSSR count). The first kappa shape index (κ1) is 23.9. The molecular weight excluding hydrogens is 416 g/mol. The second kappa shape index (κ2) is 13.0. The van der Waals surface area contributed by atoms with Gasteiger partial charge in [0, 0.05) is 48.7 Å². The highest BCUT2D eigenvalue weighted by atomic mass is 35.5. The molecule has 0 aliphatic rings. The van der Waals surface area contributed by atoms with Crippen LogP contribution in [0, 0.1) is 11.3 Å². The van der Waals surface area contributed by atoms with Crippen LogP contribution >= 0.6 is 11.6 Å². The average molecular weight is 441 g/mol. The van der Waals surface area contributed by atoms with Crippen LogP contribution in [0.4, 0.5) is 11.4 Å². The molecule has 0 aliphatic carbocycles. The number of anilines is 2. The molecule has 0 fully saturated rings. The summed E-state index contributed by atoms with van der Waals surface area (Å²) in [7, 11) is 0. The molecule has 0 aliphatic heterocycles. The molecule has 0 heterocycles. The summed E-state index contributed by atoms with van der Waals surface area (Å²) in [6.07, 6.45) is 1.05. The van der Waals surface area contributed by atoms with Crippen molar-refractivity contribution >= 4 is 40.7 Å². The standard InChI is InChI=1S/C23H25ClN4O3/c24-18-9-11-19(12-10-18)27-22(30)8-4-16-26-21(29)13-14-23(31)28(17-5-15-25)20-6-2-1-3-7-20/h1-3,6-7,9-12H,4-5,8,13-14,16-17H2,(H,26,29)(H,27,30). The fraction of sp³-hybridized carbons (Fsp3) is 0.304. The highest BCUT2D eigenvalue weighted by Crippen LogP contribution is 2.16. The number of halogens is 1. The molecule has 0 bridgehead atoms. The van der Waals surface area contributed by atoms with Crippen molar-refractivity contribution < 1.29 is 14.4 Å². The van der Waals surface area contributed by atoms with Crippen LogP contribution in [0.1, 0.15) is 32.1 Å². The van der Waals surface area contributed by atoms with Gasteiger partial charge in [0.2, 0.25) is 17.7 Å². The van der Waals surface area contributed by atoms with Crippen LogP contribution in [-0.4, -0.2) is 30.8 Å². The maximum absolute atomic E-state index is 12.5. The second-order valence-corrected chi connectivity index (χ2v) is 7.23. The van der Waals surface area contributed by atoms with Gasteiger partial charge in [0.1, 0.15) is 0 Å². The molecular formula is C23H25ClN4O3. The Labute approximate surface area is 187 Å². The SMILES string of the molecule is N#CCCN(C(=O)CCC(=O)NCCCC(=O)Nc1ccc(Cl)cc1)c1ccccc1. The summed E-state index contributed by atoms with van der Waals surface area (Å²) in [5.41, 5.74) is 1.37. The van der Waals surface area contributed by atoms with E-state index in [0.29, 0.717) is 29.4 Å². The van der Waals surface area contributed by atoms with Crippen molar-refractivity contribution in [2.24, 2.45) is 0 Å². The molecule has 7 nitrogen and oxygen atoms in total. The van der Waals surface area contributed by atoms with Crippen molar-refractivity contribution in [3.63, 3.8) is 0 Å². The number of para-hydroxylation sites is 1. The van der Waals surface area contributed by atoms with E-state index < -0.39 is 0 Å². The van der Waals surface area contributed by atoms with E-state index in [2.05, 4.69) is 10.6 Å². The number of hydrogen-bond acceptors (Lipinski definition) is 4. The van der Waals surface area contributed by atoms with Crippen LogP contribution in [0.5, 0.6) is 0 Å². The highest BCUT2D eigenvalue weighted by molar-refractivity contribution is 6.30. The predicted octanol–water partition coefficient (Wildman–Crippen LogP) is 3.90. The third-order valence-electron chi connectivity index (χ3n) is 4.41. The van der Waals surface area contributed by atoms with Crippen LogP contribution in [0.25, 0.3) is 0 Å². The lowest BCUT2D eigenvalue weighted by atomic mass is 10.2. The number of nitrogens with zero attached hydrogens (tertiary/aromatic N) is 2. The number of carbonyl (C=O) groups excluding carboxylic acids is 3. The topological polar surface area (TPSA) is 102 Å². The fourth-order valence-corrected chi connectivity index (χ4v) is 2.97. The van der Waals surface area contributed by atoms with Crippen LogP contribution in [0.3, 0.4) is 0 Å². The summed E-state index contributed by atoms with van der Waals surface area (Å²) in [5, 5.41) is 14.9. The molecule has 0 radical (unpaired) electrons. The zero-order valence-electron chi connectivity index (χ0n) is 17.1. The Bertz CT molecular complexity index is 911. The van der Waals surface area contributed by atoms with E-state index >= 15 is 0 Å². The van der Waals surface area contributed by atoms with Gasteiger partial charge in [0.25, 0.3) is 0 Å². The molecule has 162 valence electrons. The van der Waals surface area contributed by atoms with E-state index in [1.54, 1.807) is 36.4 Å². The Hall–Kier alpha value is -3.37. The lowest BCUT2D eigenvalue weighted by Crippen LogP contribution is -2.33. The Morgan fingerprint density at radius 3 is 2.32 bits per heavy atom. The van der Waals surface area contributed by atoms with Gasteiger partial charge in [-0.2, -0.15) is 5.26 Å². The Morgan fingerprint density at radius 2 is 1.65 bits per heavy atom. The molecule has 0 atom stereocenters. The minimum Gasteiger partial charge on any atom is -0.356 e. The van der Waals surface area contributed by atoms with E-state index in [0.717, 1.165) is 0 Å². The molecule has 2 aromatic rings. The Morgan fingerprint density at radius 1 is 0.935 bits per heavy atom. The van der Waals surface area contributed by atoms with Crippen LogP contribution in [0.2, 0.25) is 5.02 Å². The first-order chi connectivity index (χ1) is 15.0. The van der Waals surface area contributed by atoms with E-state index in [-0.39, 0.29) is 49.9 Å². The molecule has 0 saturated heterocycles. The largest absolute Gasteiger partial charge is 0.356 e. The molecule has 8 heteroatoms. The third-order valence-corrected chi connectivity index (χ3v) is 4.66. The van der Waals surface area contributed by atoms with Crippen molar-refractivity contribution in [1.82, 2.24) is 5.32 Å². The number of hydrogen-bond donors (Lipinski definition) is 2. The summed E-state index contributed by atoms with van der Waals surface area (Å²) < 4.78 is 0. The highest BCUT2D eigenvalue weighted by Gasteiger charge is 2.16. The summed E-state index contributed by atoms with van der Waals surface area (Å²) in [4.78, 5) is 38.0. The number of benzene rings is 2. The van der Waals surface area contributed by atoms with Crippen LogP contribution in [-0.2, 0) is 14.4 Å². The Kier molecular flexibility index (Phi) is 10.1. The molecule has 3 amide bonds. The number of nitrogens with one attached hydrogen (secondary N) is 2. The van der Waals surface area contributed by atoms with Gasteiger partial charge in [0.15, 0.2) is 0 Å². The van der Waals surface area contributed by atoms with Crippen molar-refractivity contribution in [3.05, 3.63) is 59.6 Å². The van der Waals surface area contributed by atoms with E-state index in [1.165, 1.54) is 4.90 Å². The zero-order valence-corrected chi connectivity index (χ0v) is 17.9. The first-order valence-corrected chi connectivity index (χ1v) is 10.4. The first-order valence-electron chi connectivity index (χ1n) is 10.0. The number of amides is 3. The summed E-state index contributed by atoms with van der Waals surface area (Å²) in [6, 6.07) is 17.9. The molecule has 0 saturated carbocycles. The lowest BCUT2D eigenvalue weighted by molar-refractivity contribution is -0.125. The Balaban J connectivity index is 1.68.